The lowest BCUT2D eigenvalue weighted by Gasteiger charge is -2.26. The summed E-state index contributed by atoms with van der Waals surface area (Å²) in [6, 6.07) is 10.2. The first-order chi connectivity index (χ1) is 17.7. The molecule has 0 radical (unpaired) electrons. The molecule has 190 valence electrons. The molecule has 2 aromatic carbocycles. The summed E-state index contributed by atoms with van der Waals surface area (Å²) in [6.07, 6.45) is 4.38. The molecule has 3 heterocycles. The highest BCUT2D eigenvalue weighted by molar-refractivity contribution is 6.31. The Hall–Kier alpha value is -2.58. The Bertz CT molecular complexity index is 1330. The van der Waals surface area contributed by atoms with Gasteiger partial charge in [0.1, 0.15) is 0 Å². The molecule has 0 spiro atoms. The van der Waals surface area contributed by atoms with Crippen LogP contribution in [0.5, 0.6) is 11.5 Å². The minimum atomic E-state index is 0.0230. The number of fused-ring (bicyclic) bond motifs is 3. The normalized spacial score (nSPS) is 17.1. The monoisotopic (exact) mass is 509 g/mol. The number of aromatic nitrogens is 1. The number of ether oxygens (including phenoxy) is 3. The van der Waals surface area contributed by atoms with E-state index in [2.05, 4.69) is 28.4 Å². The van der Waals surface area contributed by atoms with Gasteiger partial charge in [-0.15, -0.1) is 0 Å². The zero-order valence-electron chi connectivity index (χ0n) is 20.5. The van der Waals surface area contributed by atoms with Gasteiger partial charge in [-0.25, -0.2) is 0 Å². The number of pyridine rings is 1. The van der Waals surface area contributed by atoms with E-state index in [0.717, 1.165) is 80.7 Å². The Labute approximate surface area is 215 Å². The van der Waals surface area contributed by atoms with Crippen LogP contribution in [0, 0.1) is 0 Å². The van der Waals surface area contributed by atoms with E-state index in [-0.39, 0.29) is 12.4 Å². The number of morpholine rings is 1. The molecule has 1 saturated heterocycles. The van der Waals surface area contributed by atoms with Crippen molar-refractivity contribution in [2.24, 2.45) is 0 Å². The molecule has 1 fully saturated rings. The van der Waals surface area contributed by atoms with E-state index in [1.165, 1.54) is 17.5 Å². The molecule has 1 N–H and O–H groups in total. The van der Waals surface area contributed by atoms with Gasteiger partial charge in [0.05, 0.1) is 25.3 Å². The molecule has 0 unspecified atom stereocenters. The summed E-state index contributed by atoms with van der Waals surface area (Å²) < 4.78 is 18.3. The molecule has 6 rings (SSSR count). The van der Waals surface area contributed by atoms with Crippen LogP contribution in [0.25, 0.3) is 10.9 Å². The van der Waals surface area contributed by atoms with Crippen LogP contribution in [0.15, 0.2) is 35.1 Å². The number of aryl methyl sites for hydroxylation is 2. The fourth-order valence-corrected chi connectivity index (χ4v) is 5.74. The third-order valence-electron chi connectivity index (χ3n) is 7.50. The number of hydrogen-bond donors (Lipinski definition) is 1. The number of hydrogen-bond acceptors (Lipinski definition) is 6. The minimum absolute atomic E-state index is 0.0230. The van der Waals surface area contributed by atoms with Crippen LogP contribution in [0.4, 0.5) is 0 Å². The van der Waals surface area contributed by atoms with Gasteiger partial charge in [0.2, 0.25) is 6.79 Å². The van der Waals surface area contributed by atoms with E-state index in [4.69, 9.17) is 25.8 Å². The second kappa shape index (κ2) is 10.4. The Balaban J connectivity index is 1.26. The molecule has 36 heavy (non-hydrogen) atoms. The third kappa shape index (κ3) is 4.85. The van der Waals surface area contributed by atoms with Crippen molar-refractivity contribution in [1.82, 2.24) is 14.8 Å². The standard InChI is InChI=1S/C28H32ClN3O4/c29-24-15-27-26(35-18-36-27)14-23(24)17-32-25-13-20-4-1-3-19(20)11-21(25)12-22(28(32)33)16-30-5-2-6-31-7-9-34-10-8-31/h11-15,30H,1-10,16-18H2. The number of rotatable bonds is 8. The average molecular weight is 510 g/mol. The van der Waals surface area contributed by atoms with Crippen LogP contribution >= 0.6 is 11.6 Å². The lowest BCUT2D eigenvalue weighted by Crippen LogP contribution is -2.37. The van der Waals surface area contributed by atoms with E-state index < -0.39 is 0 Å². The van der Waals surface area contributed by atoms with Gasteiger partial charge in [-0.05, 0) is 85.1 Å². The van der Waals surface area contributed by atoms with Crippen molar-refractivity contribution >= 4 is 22.5 Å². The topological polar surface area (TPSA) is 65.0 Å². The number of nitrogens with one attached hydrogen (secondary N) is 1. The fourth-order valence-electron chi connectivity index (χ4n) is 5.52. The average Bonchev–Trinajstić information content (AvgIpc) is 3.54. The minimum Gasteiger partial charge on any atom is -0.454 e. The summed E-state index contributed by atoms with van der Waals surface area (Å²) in [7, 11) is 0. The van der Waals surface area contributed by atoms with Gasteiger partial charge in [-0.1, -0.05) is 11.6 Å². The molecular formula is C28H32ClN3O4. The highest BCUT2D eigenvalue weighted by Crippen LogP contribution is 2.37. The molecular weight excluding hydrogens is 478 g/mol. The maximum atomic E-state index is 13.7. The van der Waals surface area contributed by atoms with Crippen molar-refractivity contribution in [1.29, 1.82) is 0 Å². The van der Waals surface area contributed by atoms with E-state index in [1.54, 1.807) is 6.07 Å². The molecule has 3 aliphatic rings. The molecule has 1 aliphatic carbocycles. The van der Waals surface area contributed by atoms with Gasteiger partial charge in [0.25, 0.3) is 5.56 Å². The lowest BCUT2D eigenvalue weighted by atomic mass is 10.0. The molecule has 0 atom stereocenters. The Kier molecular flexibility index (Phi) is 6.89. The molecule has 7 nitrogen and oxygen atoms in total. The van der Waals surface area contributed by atoms with Crippen LogP contribution in [0.3, 0.4) is 0 Å². The second-order valence-corrected chi connectivity index (χ2v) is 10.3. The predicted molar refractivity (Wildman–Crippen MR) is 140 cm³/mol. The van der Waals surface area contributed by atoms with Crippen molar-refractivity contribution in [2.75, 3.05) is 46.2 Å². The van der Waals surface area contributed by atoms with Gasteiger partial charge < -0.3 is 24.1 Å². The van der Waals surface area contributed by atoms with Crippen LogP contribution in [-0.2, 0) is 30.7 Å². The lowest BCUT2D eigenvalue weighted by molar-refractivity contribution is 0.0374. The van der Waals surface area contributed by atoms with E-state index >= 15 is 0 Å². The maximum Gasteiger partial charge on any atom is 0.255 e. The molecule has 8 heteroatoms. The fraction of sp³-hybridized carbons (Fsp3) is 0.464. The van der Waals surface area contributed by atoms with Crippen molar-refractivity contribution in [3.63, 3.8) is 0 Å². The van der Waals surface area contributed by atoms with Gasteiger partial charge in [0, 0.05) is 36.3 Å². The smallest absolute Gasteiger partial charge is 0.255 e. The van der Waals surface area contributed by atoms with Crippen molar-refractivity contribution in [3.05, 3.63) is 68.0 Å². The molecule has 2 aliphatic heterocycles. The summed E-state index contributed by atoms with van der Waals surface area (Å²) >= 11 is 6.60. The summed E-state index contributed by atoms with van der Waals surface area (Å²) in [6.45, 7) is 6.68. The number of nitrogens with zero attached hydrogens (tertiary/aromatic N) is 2. The molecule has 0 amide bonds. The molecule has 0 bridgehead atoms. The molecule has 1 aromatic heterocycles. The zero-order valence-corrected chi connectivity index (χ0v) is 21.2. The number of halogens is 1. The summed E-state index contributed by atoms with van der Waals surface area (Å²) in [5.74, 6) is 1.32. The van der Waals surface area contributed by atoms with Gasteiger partial charge in [-0.3, -0.25) is 9.69 Å². The van der Waals surface area contributed by atoms with E-state index in [1.807, 2.05) is 10.6 Å². The maximum absolute atomic E-state index is 13.7. The first kappa shape index (κ1) is 23.8. The van der Waals surface area contributed by atoms with Gasteiger partial charge in [-0.2, -0.15) is 0 Å². The first-order valence-electron chi connectivity index (χ1n) is 12.9. The summed E-state index contributed by atoms with van der Waals surface area (Å²) in [5, 5.41) is 5.19. The second-order valence-electron chi connectivity index (χ2n) is 9.88. The van der Waals surface area contributed by atoms with E-state index in [0.29, 0.717) is 29.6 Å². The van der Waals surface area contributed by atoms with Gasteiger partial charge in [0.15, 0.2) is 11.5 Å². The SMILES string of the molecule is O=c1c(CNCCCN2CCOCC2)cc2cc3c(cc2n1Cc1cc2c(cc1Cl)OCO2)CCC3. The van der Waals surface area contributed by atoms with Crippen LogP contribution in [-0.4, -0.2) is 55.7 Å². The number of benzene rings is 2. The Morgan fingerprint density at radius 3 is 2.56 bits per heavy atom. The van der Waals surface area contributed by atoms with Crippen molar-refractivity contribution in [3.8, 4) is 11.5 Å². The summed E-state index contributed by atoms with van der Waals surface area (Å²) in [5.41, 5.74) is 5.36. The van der Waals surface area contributed by atoms with Crippen LogP contribution in [0.2, 0.25) is 5.02 Å². The van der Waals surface area contributed by atoms with Crippen molar-refractivity contribution < 1.29 is 14.2 Å². The third-order valence-corrected chi connectivity index (χ3v) is 7.85. The predicted octanol–water partition coefficient (Wildman–Crippen LogP) is 3.73. The Morgan fingerprint density at radius 2 is 1.72 bits per heavy atom. The first-order valence-corrected chi connectivity index (χ1v) is 13.3. The zero-order chi connectivity index (χ0) is 24.5. The quantitative estimate of drug-likeness (QED) is 0.467. The van der Waals surface area contributed by atoms with Crippen molar-refractivity contribution in [2.45, 2.75) is 38.8 Å². The highest BCUT2D eigenvalue weighted by atomic mass is 35.5. The molecule has 0 saturated carbocycles. The van der Waals surface area contributed by atoms with Crippen LogP contribution < -0.4 is 20.3 Å². The van der Waals surface area contributed by atoms with Crippen LogP contribution in [0.1, 0.15) is 35.1 Å². The van der Waals surface area contributed by atoms with E-state index in [9.17, 15) is 4.79 Å². The highest BCUT2D eigenvalue weighted by Gasteiger charge is 2.20. The Morgan fingerprint density at radius 1 is 0.944 bits per heavy atom. The van der Waals surface area contributed by atoms with Gasteiger partial charge >= 0.3 is 0 Å². The summed E-state index contributed by atoms with van der Waals surface area (Å²) in [4.78, 5) is 16.2. The largest absolute Gasteiger partial charge is 0.454 e. The molecule has 3 aromatic rings.